The summed E-state index contributed by atoms with van der Waals surface area (Å²) in [5, 5.41) is 0. The molecule has 2 heteroatoms. The Hall–Kier alpha value is -1.31. The van der Waals surface area contributed by atoms with E-state index in [1.54, 1.807) is 12.3 Å². The Bertz CT molecular complexity index is 246. The lowest BCUT2D eigenvalue weighted by molar-refractivity contribution is 1.40. The first kappa shape index (κ1) is 6.81. The number of aliphatic imine (C=N–C) groups is 1. The molecular formula is C8H10N2. The minimum atomic E-state index is 0.942. The van der Waals surface area contributed by atoms with E-state index in [1.807, 2.05) is 19.3 Å². The van der Waals surface area contributed by atoms with Crippen molar-refractivity contribution in [2.24, 2.45) is 4.99 Å². The Balaban J connectivity index is 3.00. The van der Waals surface area contributed by atoms with Gasteiger partial charge in [-0.15, -0.1) is 0 Å². The molecule has 1 aromatic heterocycles. The molecule has 0 saturated carbocycles. The summed E-state index contributed by atoms with van der Waals surface area (Å²) in [6, 6.07) is 0. The van der Waals surface area contributed by atoms with Gasteiger partial charge in [-0.3, -0.25) is 4.99 Å². The van der Waals surface area contributed by atoms with Gasteiger partial charge in [0.1, 0.15) is 0 Å². The fraction of sp³-hybridized carbons (Fsp3) is 0.125. The first-order valence-electron chi connectivity index (χ1n) is 3.16. The molecule has 1 aromatic rings. The quantitative estimate of drug-likeness (QED) is 0.601. The summed E-state index contributed by atoms with van der Waals surface area (Å²) in [6.45, 7) is 5.54. The summed E-state index contributed by atoms with van der Waals surface area (Å²) >= 11 is 0. The zero-order valence-electron chi connectivity index (χ0n) is 5.96. The monoisotopic (exact) mass is 134 g/mol. The molecule has 52 valence electrons. The van der Waals surface area contributed by atoms with E-state index < -0.39 is 0 Å². The van der Waals surface area contributed by atoms with Gasteiger partial charge < -0.3 is 4.98 Å². The predicted octanol–water partition coefficient (Wildman–Crippen LogP) is 2.38. The second-order valence-corrected chi connectivity index (χ2v) is 1.89. The Morgan fingerprint density at radius 2 is 2.40 bits per heavy atom. The van der Waals surface area contributed by atoms with Crippen molar-refractivity contribution < 1.29 is 0 Å². The van der Waals surface area contributed by atoms with Crippen LogP contribution in [0, 0.1) is 0 Å². The summed E-state index contributed by atoms with van der Waals surface area (Å²) < 4.78 is 0. The molecule has 0 aliphatic heterocycles. The van der Waals surface area contributed by atoms with Crippen molar-refractivity contribution in [2.45, 2.75) is 6.92 Å². The fourth-order valence-electron chi connectivity index (χ4n) is 0.782. The van der Waals surface area contributed by atoms with E-state index in [9.17, 15) is 0 Å². The van der Waals surface area contributed by atoms with Gasteiger partial charge in [0, 0.05) is 24.2 Å². The SMILES string of the molecule is C=Cc1c[nH]cc1/N=C\C. The molecule has 0 aromatic carbocycles. The lowest BCUT2D eigenvalue weighted by Crippen LogP contribution is -1.63. The van der Waals surface area contributed by atoms with Crippen LogP contribution in [0.2, 0.25) is 0 Å². The van der Waals surface area contributed by atoms with Gasteiger partial charge in [-0.05, 0) is 6.92 Å². The Morgan fingerprint density at radius 1 is 1.60 bits per heavy atom. The van der Waals surface area contributed by atoms with E-state index in [0.29, 0.717) is 0 Å². The number of nitrogens with zero attached hydrogens (tertiary/aromatic N) is 1. The van der Waals surface area contributed by atoms with Crippen LogP contribution in [0.4, 0.5) is 5.69 Å². The summed E-state index contributed by atoms with van der Waals surface area (Å²) in [6.07, 6.45) is 7.25. The predicted molar refractivity (Wildman–Crippen MR) is 44.7 cm³/mol. The summed E-state index contributed by atoms with van der Waals surface area (Å²) in [5.74, 6) is 0. The molecule has 0 saturated heterocycles. The van der Waals surface area contributed by atoms with Crippen molar-refractivity contribution >= 4 is 18.0 Å². The lowest BCUT2D eigenvalue weighted by Gasteiger charge is -1.86. The molecular weight excluding hydrogens is 124 g/mol. The van der Waals surface area contributed by atoms with Crippen molar-refractivity contribution in [3.8, 4) is 0 Å². The number of aromatic nitrogens is 1. The standard InChI is InChI=1S/C8H10N2/c1-3-7-5-9-6-8(7)10-4-2/h3-6,9H,1H2,2H3/b10-4-. The van der Waals surface area contributed by atoms with Crippen molar-refractivity contribution in [3.63, 3.8) is 0 Å². The molecule has 10 heavy (non-hydrogen) atoms. The van der Waals surface area contributed by atoms with Gasteiger partial charge in [0.25, 0.3) is 0 Å². The number of hydrogen-bond donors (Lipinski definition) is 1. The average molecular weight is 134 g/mol. The molecule has 1 N–H and O–H groups in total. The summed E-state index contributed by atoms with van der Waals surface area (Å²) in [4.78, 5) is 7.06. The van der Waals surface area contributed by atoms with E-state index in [0.717, 1.165) is 11.3 Å². The minimum Gasteiger partial charge on any atom is -0.365 e. The smallest absolute Gasteiger partial charge is 0.0871 e. The van der Waals surface area contributed by atoms with Gasteiger partial charge >= 0.3 is 0 Å². The third-order valence-corrected chi connectivity index (χ3v) is 1.24. The van der Waals surface area contributed by atoms with Crippen molar-refractivity contribution in [1.82, 2.24) is 4.98 Å². The van der Waals surface area contributed by atoms with E-state index in [1.165, 1.54) is 0 Å². The molecule has 0 fully saturated rings. The number of aromatic amines is 1. The van der Waals surface area contributed by atoms with Gasteiger partial charge in [0.15, 0.2) is 0 Å². The molecule has 0 atom stereocenters. The van der Waals surface area contributed by atoms with Crippen LogP contribution in [0.5, 0.6) is 0 Å². The van der Waals surface area contributed by atoms with Crippen LogP contribution in [-0.2, 0) is 0 Å². The molecule has 1 heterocycles. The van der Waals surface area contributed by atoms with Gasteiger partial charge in [-0.25, -0.2) is 0 Å². The largest absolute Gasteiger partial charge is 0.365 e. The molecule has 2 nitrogen and oxygen atoms in total. The van der Waals surface area contributed by atoms with Crippen LogP contribution in [0.15, 0.2) is 24.0 Å². The Morgan fingerprint density at radius 3 is 3.00 bits per heavy atom. The average Bonchev–Trinajstić information content (AvgIpc) is 2.36. The molecule has 0 spiro atoms. The highest BCUT2D eigenvalue weighted by atomic mass is 14.8. The zero-order chi connectivity index (χ0) is 7.40. The Labute approximate surface area is 60.3 Å². The van der Waals surface area contributed by atoms with Crippen LogP contribution in [0.3, 0.4) is 0 Å². The number of rotatable bonds is 2. The van der Waals surface area contributed by atoms with E-state index in [4.69, 9.17) is 0 Å². The molecule has 0 amide bonds. The van der Waals surface area contributed by atoms with Crippen LogP contribution in [-0.4, -0.2) is 11.2 Å². The zero-order valence-corrected chi connectivity index (χ0v) is 5.96. The highest BCUT2D eigenvalue weighted by Gasteiger charge is 1.93. The van der Waals surface area contributed by atoms with E-state index in [-0.39, 0.29) is 0 Å². The van der Waals surface area contributed by atoms with Crippen molar-refractivity contribution in [1.29, 1.82) is 0 Å². The normalized spacial score (nSPS) is 10.5. The topological polar surface area (TPSA) is 28.1 Å². The lowest BCUT2D eigenvalue weighted by atomic mass is 10.3. The van der Waals surface area contributed by atoms with Gasteiger partial charge in [-0.1, -0.05) is 12.7 Å². The number of hydrogen-bond acceptors (Lipinski definition) is 1. The van der Waals surface area contributed by atoms with Gasteiger partial charge in [-0.2, -0.15) is 0 Å². The molecule has 0 bridgehead atoms. The van der Waals surface area contributed by atoms with Crippen LogP contribution in [0.1, 0.15) is 12.5 Å². The maximum atomic E-state index is 4.11. The molecule has 0 aliphatic rings. The van der Waals surface area contributed by atoms with Crippen molar-refractivity contribution in [2.75, 3.05) is 0 Å². The maximum absolute atomic E-state index is 4.11. The minimum absolute atomic E-state index is 0.942. The first-order chi connectivity index (χ1) is 4.88. The van der Waals surface area contributed by atoms with Crippen molar-refractivity contribution in [3.05, 3.63) is 24.5 Å². The third-order valence-electron chi connectivity index (χ3n) is 1.24. The highest BCUT2D eigenvalue weighted by Crippen LogP contribution is 2.17. The van der Waals surface area contributed by atoms with Crippen LogP contribution >= 0.6 is 0 Å². The third kappa shape index (κ3) is 1.16. The van der Waals surface area contributed by atoms with E-state index in [2.05, 4.69) is 16.6 Å². The van der Waals surface area contributed by atoms with Gasteiger partial charge in [0.2, 0.25) is 0 Å². The molecule has 1 rings (SSSR count). The van der Waals surface area contributed by atoms with Gasteiger partial charge in [0.05, 0.1) is 5.69 Å². The summed E-state index contributed by atoms with van der Waals surface area (Å²) in [5.41, 5.74) is 1.98. The van der Waals surface area contributed by atoms with Crippen LogP contribution in [0.25, 0.3) is 6.08 Å². The molecule has 0 aliphatic carbocycles. The number of nitrogens with one attached hydrogen (secondary N) is 1. The van der Waals surface area contributed by atoms with Crippen LogP contribution < -0.4 is 0 Å². The maximum Gasteiger partial charge on any atom is 0.0871 e. The second kappa shape index (κ2) is 3.01. The second-order valence-electron chi connectivity index (χ2n) is 1.89. The highest BCUT2D eigenvalue weighted by molar-refractivity contribution is 5.68. The Kier molecular flexibility index (Phi) is 2.05. The number of H-pyrrole nitrogens is 1. The first-order valence-corrected chi connectivity index (χ1v) is 3.16. The molecule has 0 unspecified atom stereocenters. The van der Waals surface area contributed by atoms with E-state index >= 15 is 0 Å². The molecule has 0 radical (unpaired) electrons. The fourth-order valence-corrected chi connectivity index (χ4v) is 0.782. The summed E-state index contributed by atoms with van der Waals surface area (Å²) in [7, 11) is 0.